The third-order valence-corrected chi connectivity index (χ3v) is 4.31. The van der Waals surface area contributed by atoms with Gasteiger partial charge in [0.15, 0.2) is 0 Å². The zero-order chi connectivity index (χ0) is 16.2. The molecule has 2 aromatic rings. The lowest BCUT2D eigenvalue weighted by atomic mass is 9.98. The van der Waals surface area contributed by atoms with Crippen molar-refractivity contribution >= 4 is 16.9 Å². The Labute approximate surface area is 133 Å². The lowest BCUT2D eigenvalue weighted by molar-refractivity contribution is -0.150. The quantitative estimate of drug-likeness (QED) is 0.691. The summed E-state index contributed by atoms with van der Waals surface area (Å²) in [6.07, 6.45) is 5.37. The summed E-state index contributed by atoms with van der Waals surface area (Å²) in [4.78, 5) is 23.9. The van der Waals surface area contributed by atoms with E-state index in [4.69, 9.17) is 9.15 Å². The van der Waals surface area contributed by atoms with E-state index in [1.807, 2.05) is 0 Å². The molecule has 23 heavy (non-hydrogen) atoms. The molecule has 1 N–H and O–H groups in total. The molecule has 0 bridgehead atoms. The Bertz CT molecular complexity index is 756. The van der Waals surface area contributed by atoms with E-state index in [9.17, 15) is 14.7 Å². The van der Waals surface area contributed by atoms with Crippen molar-refractivity contribution in [2.24, 2.45) is 0 Å². The lowest BCUT2D eigenvalue weighted by Gasteiger charge is -2.21. The van der Waals surface area contributed by atoms with Crippen LogP contribution in [0.4, 0.5) is 0 Å². The lowest BCUT2D eigenvalue weighted by Crippen LogP contribution is -2.21. The molecule has 1 aliphatic carbocycles. The van der Waals surface area contributed by atoms with Crippen LogP contribution in [0.15, 0.2) is 33.5 Å². The standard InChI is InChI=1S/C18H20O5/c19-16(22-12-6-2-1-3-7-12)11-10-14-17(20)13-8-4-5-9-15(13)23-18(14)21/h4-5,8-9,12,20H,1-3,6-7,10-11H2. The maximum atomic E-state index is 12.0. The number of rotatable bonds is 4. The summed E-state index contributed by atoms with van der Waals surface area (Å²) < 4.78 is 10.6. The monoisotopic (exact) mass is 316 g/mol. The van der Waals surface area contributed by atoms with Crippen LogP contribution in [0.25, 0.3) is 11.0 Å². The Morgan fingerprint density at radius 1 is 1.22 bits per heavy atom. The minimum atomic E-state index is -0.605. The van der Waals surface area contributed by atoms with Gasteiger partial charge in [-0.05, 0) is 44.2 Å². The molecule has 122 valence electrons. The summed E-state index contributed by atoms with van der Waals surface area (Å²) in [5.41, 5.74) is -0.139. The number of hydrogen-bond acceptors (Lipinski definition) is 5. The number of fused-ring (bicyclic) bond motifs is 1. The number of para-hydroxylation sites is 1. The Kier molecular flexibility index (Phi) is 4.65. The van der Waals surface area contributed by atoms with E-state index in [0.29, 0.717) is 11.0 Å². The molecule has 1 aromatic heterocycles. The number of ether oxygens (including phenoxy) is 1. The van der Waals surface area contributed by atoms with Crippen molar-refractivity contribution in [3.8, 4) is 5.75 Å². The fourth-order valence-corrected chi connectivity index (χ4v) is 3.05. The second-order valence-corrected chi connectivity index (χ2v) is 5.96. The zero-order valence-electron chi connectivity index (χ0n) is 12.9. The average molecular weight is 316 g/mol. The molecule has 3 rings (SSSR count). The molecule has 1 fully saturated rings. The summed E-state index contributed by atoms with van der Waals surface area (Å²) in [5.74, 6) is -0.439. The molecule has 0 unspecified atom stereocenters. The van der Waals surface area contributed by atoms with Gasteiger partial charge in [-0.1, -0.05) is 18.6 Å². The molecule has 0 spiro atoms. The van der Waals surface area contributed by atoms with Crippen molar-refractivity contribution in [3.05, 3.63) is 40.2 Å². The Morgan fingerprint density at radius 3 is 2.74 bits per heavy atom. The average Bonchev–Trinajstić information content (AvgIpc) is 2.55. The van der Waals surface area contributed by atoms with Gasteiger partial charge in [0.2, 0.25) is 0 Å². The van der Waals surface area contributed by atoms with Crippen LogP contribution in [0, 0.1) is 0 Å². The fourth-order valence-electron chi connectivity index (χ4n) is 3.05. The first-order chi connectivity index (χ1) is 11.1. The Morgan fingerprint density at radius 2 is 1.96 bits per heavy atom. The van der Waals surface area contributed by atoms with Crippen LogP contribution in [0.1, 0.15) is 44.1 Å². The van der Waals surface area contributed by atoms with Crippen molar-refractivity contribution in [1.82, 2.24) is 0 Å². The smallest absolute Gasteiger partial charge is 0.343 e. The second kappa shape index (κ2) is 6.86. The van der Waals surface area contributed by atoms with Crippen LogP contribution < -0.4 is 5.63 Å². The molecule has 1 aromatic carbocycles. The molecule has 0 aliphatic heterocycles. The topological polar surface area (TPSA) is 76.7 Å². The Hall–Kier alpha value is -2.30. The van der Waals surface area contributed by atoms with Gasteiger partial charge in [0, 0.05) is 6.42 Å². The largest absolute Gasteiger partial charge is 0.507 e. The van der Waals surface area contributed by atoms with Crippen molar-refractivity contribution in [1.29, 1.82) is 0 Å². The molecular formula is C18H20O5. The van der Waals surface area contributed by atoms with Crippen LogP contribution >= 0.6 is 0 Å². The first-order valence-electron chi connectivity index (χ1n) is 8.08. The highest BCUT2D eigenvalue weighted by atomic mass is 16.5. The van der Waals surface area contributed by atoms with Crippen molar-refractivity contribution in [2.75, 3.05) is 0 Å². The van der Waals surface area contributed by atoms with Gasteiger partial charge in [0.1, 0.15) is 17.4 Å². The molecule has 1 aliphatic rings. The SMILES string of the molecule is O=C(CCc1c(O)c2ccccc2oc1=O)OC1CCCCC1. The van der Waals surface area contributed by atoms with Crippen molar-refractivity contribution in [3.63, 3.8) is 0 Å². The molecule has 0 amide bonds. The van der Waals surface area contributed by atoms with Crippen molar-refractivity contribution in [2.45, 2.75) is 51.0 Å². The second-order valence-electron chi connectivity index (χ2n) is 5.96. The fraction of sp³-hybridized carbons (Fsp3) is 0.444. The van der Waals surface area contributed by atoms with Crippen molar-refractivity contribution < 1.29 is 19.1 Å². The predicted molar refractivity (Wildman–Crippen MR) is 85.4 cm³/mol. The molecule has 0 atom stereocenters. The van der Waals surface area contributed by atoms with Crippen LogP contribution in [0.5, 0.6) is 5.75 Å². The maximum Gasteiger partial charge on any atom is 0.343 e. The third kappa shape index (κ3) is 3.55. The number of carbonyl (C=O) groups is 1. The summed E-state index contributed by atoms with van der Waals surface area (Å²) >= 11 is 0. The summed E-state index contributed by atoms with van der Waals surface area (Å²) in [7, 11) is 0. The van der Waals surface area contributed by atoms with Gasteiger partial charge in [0.25, 0.3) is 0 Å². The number of esters is 1. The first-order valence-corrected chi connectivity index (χ1v) is 8.08. The van der Waals surface area contributed by atoms with Crippen LogP contribution in [-0.4, -0.2) is 17.2 Å². The van der Waals surface area contributed by atoms with Gasteiger partial charge in [-0.3, -0.25) is 4.79 Å². The molecule has 5 nitrogen and oxygen atoms in total. The third-order valence-electron chi connectivity index (χ3n) is 4.31. The van der Waals surface area contributed by atoms with E-state index < -0.39 is 5.63 Å². The van der Waals surface area contributed by atoms with Gasteiger partial charge in [0.05, 0.1) is 10.9 Å². The summed E-state index contributed by atoms with van der Waals surface area (Å²) in [6, 6.07) is 6.78. The Balaban J connectivity index is 1.69. The van der Waals surface area contributed by atoms with E-state index in [1.54, 1.807) is 24.3 Å². The maximum absolute atomic E-state index is 12.0. The number of carbonyl (C=O) groups excluding carboxylic acids is 1. The molecule has 0 radical (unpaired) electrons. The van der Waals surface area contributed by atoms with E-state index >= 15 is 0 Å². The molecule has 5 heteroatoms. The molecule has 1 heterocycles. The van der Waals surface area contributed by atoms with E-state index in [2.05, 4.69) is 0 Å². The first kappa shape index (κ1) is 15.6. The summed E-state index contributed by atoms with van der Waals surface area (Å²) in [6.45, 7) is 0. The molecular weight excluding hydrogens is 296 g/mol. The number of aromatic hydroxyl groups is 1. The van der Waals surface area contributed by atoms with Crippen LogP contribution in [0.3, 0.4) is 0 Å². The molecule has 1 saturated carbocycles. The van der Waals surface area contributed by atoms with Gasteiger partial charge >= 0.3 is 11.6 Å². The number of hydrogen-bond donors (Lipinski definition) is 1. The predicted octanol–water partition coefficient (Wildman–Crippen LogP) is 3.31. The van der Waals surface area contributed by atoms with Crippen LogP contribution in [-0.2, 0) is 16.0 Å². The minimum Gasteiger partial charge on any atom is -0.507 e. The number of benzene rings is 1. The molecule has 0 saturated heterocycles. The van der Waals surface area contributed by atoms with Crippen LogP contribution in [0.2, 0.25) is 0 Å². The van der Waals surface area contributed by atoms with E-state index in [-0.39, 0.29) is 36.2 Å². The van der Waals surface area contributed by atoms with E-state index in [0.717, 1.165) is 25.7 Å². The zero-order valence-corrected chi connectivity index (χ0v) is 12.9. The van der Waals surface area contributed by atoms with Gasteiger partial charge < -0.3 is 14.3 Å². The highest BCUT2D eigenvalue weighted by Gasteiger charge is 2.19. The normalized spacial score (nSPS) is 15.7. The minimum absolute atomic E-state index is 0.00198. The highest BCUT2D eigenvalue weighted by molar-refractivity contribution is 5.84. The van der Waals surface area contributed by atoms with Gasteiger partial charge in [-0.2, -0.15) is 0 Å². The van der Waals surface area contributed by atoms with Gasteiger partial charge in [-0.15, -0.1) is 0 Å². The highest BCUT2D eigenvalue weighted by Crippen LogP contribution is 2.27. The van der Waals surface area contributed by atoms with E-state index in [1.165, 1.54) is 6.42 Å². The van der Waals surface area contributed by atoms with Gasteiger partial charge in [-0.25, -0.2) is 4.79 Å². The summed E-state index contributed by atoms with van der Waals surface area (Å²) in [5, 5.41) is 10.7.